The maximum atomic E-state index is 3.62. The van der Waals surface area contributed by atoms with Crippen molar-refractivity contribution in [3.05, 3.63) is 0 Å². The molecule has 0 aromatic carbocycles. The fourth-order valence-electron chi connectivity index (χ4n) is 3.34. The molecule has 3 fully saturated rings. The van der Waals surface area contributed by atoms with Gasteiger partial charge in [0.2, 0.25) is 0 Å². The normalized spacial score (nSPS) is 57.6. The average Bonchev–Trinajstić information content (AvgIpc) is 2.35. The van der Waals surface area contributed by atoms with Crippen molar-refractivity contribution in [2.24, 2.45) is 17.8 Å². The van der Waals surface area contributed by atoms with Gasteiger partial charge in [0, 0.05) is 6.04 Å². The van der Waals surface area contributed by atoms with Gasteiger partial charge >= 0.3 is 0 Å². The molecule has 1 N–H and O–H groups in total. The van der Waals surface area contributed by atoms with Gasteiger partial charge in [-0.25, -0.2) is 0 Å². The molecule has 2 saturated carbocycles. The highest BCUT2D eigenvalue weighted by molar-refractivity contribution is 5.02. The van der Waals surface area contributed by atoms with Crippen LogP contribution in [0.2, 0.25) is 0 Å². The predicted molar refractivity (Wildman–Crippen MR) is 40.7 cm³/mol. The minimum atomic E-state index is 0.942. The summed E-state index contributed by atoms with van der Waals surface area (Å²) in [7, 11) is 0. The molecule has 4 unspecified atom stereocenters. The van der Waals surface area contributed by atoms with Gasteiger partial charge in [-0.1, -0.05) is 0 Å². The van der Waals surface area contributed by atoms with Gasteiger partial charge in [-0.2, -0.15) is 0 Å². The smallest absolute Gasteiger partial charge is 0.0101 e. The fourth-order valence-corrected chi connectivity index (χ4v) is 3.34. The lowest BCUT2D eigenvalue weighted by molar-refractivity contribution is 0.171. The molecule has 1 heteroatoms. The van der Waals surface area contributed by atoms with E-state index in [4.69, 9.17) is 0 Å². The van der Waals surface area contributed by atoms with Gasteiger partial charge in [-0.3, -0.25) is 0 Å². The highest BCUT2D eigenvalue weighted by Crippen LogP contribution is 2.52. The van der Waals surface area contributed by atoms with Crippen molar-refractivity contribution in [1.29, 1.82) is 0 Å². The highest BCUT2D eigenvalue weighted by atomic mass is 15.0. The molecule has 10 heavy (non-hydrogen) atoms. The van der Waals surface area contributed by atoms with E-state index >= 15 is 0 Å². The molecule has 3 aliphatic rings. The first-order valence-corrected chi connectivity index (χ1v) is 4.68. The summed E-state index contributed by atoms with van der Waals surface area (Å²) in [5.74, 6) is 3.39. The van der Waals surface area contributed by atoms with Crippen molar-refractivity contribution in [2.45, 2.75) is 31.7 Å². The fraction of sp³-hybridized carbons (Fsp3) is 1.00. The topological polar surface area (TPSA) is 12.0 Å². The van der Waals surface area contributed by atoms with Crippen molar-refractivity contribution >= 4 is 0 Å². The first-order valence-electron chi connectivity index (χ1n) is 4.68. The molecule has 0 bridgehead atoms. The third-order valence-electron chi connectivity index (χ3n) is 3.98. The number of hydrogen-bond donors (Lipinski definition) is 1. The summed E-state index contributed by atoms with van der Waals surface area (Å²) in [4.78, 5) is 0. The molecule has 0 amide bonds. The van der Waals surface area contributed by atoms with Gasteiger partial charge in [0.15, 0.2) is 0 Å². The van der Waals surface area contributed by atoms with Crippen LogP contribution < -0.4 is 5.32 Å². The summed E-state index contributed by atoms with van der Waals surface area (Å²) in [6.45, 7) is 1.30. The van der Waals surface area contributed by atoms with E-state index < -0.39 is 0 Å². The second-order valence-corrected chi connectivity index (χ2v) is 4.25. The Labute approximate surface area is 62.2 Å². The molecule has 0 spiro atoms. The number of fused-ring (bicyclic) bond motifs is 3. The SMILES string of the molecule is C1CC2C(CC3CCC32)N1. The summed E-state index contributed by atoms with van der Waals surface area (Å²) in [5, 5.41) is 3.62. The molecule has 1 heterocycles. The van der Waals surface area contributed by atoms with Crippen LogP contribution in [0.5, 0.6) is 0 Å². The Bertz CT molecular complexity index is 153. The molecular weight excluding hydrogens is 122 g/mol. The van der Waals surface area contributed by atoms with E-state index in [1.807, 2.05) is 0 Å². The van der Waals surface area contributed by atoms with Gasteiger partial charge in [0.25, 0.3) is 0 Å². The lowest BCUT2D eigenvalue weighted by atomic mass is 9.72. The van der Waals surface area contributed by atoms with Crippen molar-refractivity contribution in [3.63, 3.8) is 0 Å². The van der Waals surface area contributed by atoms with E-state index in [1.54, 1.807) is 12.8 Å². The Hall–Kier alpha value is -0.0400. The maximum absolute atomic E-state index is 3.62. The lowest BCUT2D eigenvalue weighted by Gasteiger charge is -2.33. The van der Waals surface area contributed by atoms with Crippen molar-refractivity contribution in [1.82, 2.24) is 5.32 Å². The number of nitrogens with one attached hydrogen (secondary N) is 1. The van der Waals surface area contributed by atoms with Gasteiger partial charge < -0.3 is 5.32 Å². The monoisotopic (exact) mass is 137 g/mol. The van der Waals surface area contributed by atoms with E-state index in [9.17, 15) is 0 Å². The Morgan fingerprint density at radius 1 is 1.00 bits per heavy atom. The zero-order valence-electron chi connectivity index (χ0n) is 6.34. The lowest BCUT2D eigenvalue weighted by Crippen LogP contribution is -2.25. The molecule has 1 nitrogen and oxygen atoms in total. The molecule has 3 rings (SSSR count). The van der Waals surface area contributed by atoms with Gasteiger partial charge in [0.05, 0.1) is 0 Å². The van der Waals surface area contributed by atoms with Crippen molar-refractivity contribution < 1.29 is 0 Å². The van der Waals surface area contributed by atoms with Gasteiger partial charge in [0.1, 0.15) is 0 Å². The molecule has 0 radical (unpaired) electrons. The second kappa shape index (κ2) is 1.76. The summed E-state index contributed by atoms with van der Waals surface area (Å²) in [5.41, 5.74) is 0. The summed E-state index contributed by atoms with van der Waals surface area (Å²) in [6, 6.07) is 0.942. The Morgan fingerprint density at radius 2 is 2.00 bits per heavy atom. The maximum Gasteiger partial charge on any atom is 0.0101 e. The van der Waals surface area contributed by atoms with Gasteiger partial charge in [-0.15, -0.1) is 0 Å². The van der Waals surface area contributed by atoms with Crippen LogP contribution in [-0.4, -0.2) is 12.6 Å². The van der Waals surface area contributed by atoms with E-state index in [0.29, 0.717) is 0 Å². The molecule has 56 valence electrons. The molecule has 1 saturated heterocycles. The average molecular weight is 137 g/mol. The minimum Gasteiger partial charge on any atom is -0.314 e. The third kappa shape index (κ3) is 0.531. The molecule has 4 atom stereocenters. The Balaban J connectivity index is 1.85. The van der Waals surface area contributed by atoms with E-state index in [2.05, 4.69) is 5.32 Å². The van der Waals surface area contributed by atoms with Crippen LogP contribution >= 0.6 is 0 Å². The van der Waals surface area contributed by atoms with Crippen LogP contribution in [-0.2, 0) is 0 Å². The van der Waals surface area contributed by atoms with Crippen LogP contribution in [0, 0.1) is 17.8 Å². The first-order chi connectivity index (χ1) is 4.95. The van der Waals surface area contributed by atoms with Crippen LogP contribution in [0.25, 0.3) is 0 Å². The van der Waals surface area contributed by atoms with Crippen LogP contribution in [0.4, 0.5) is 0 Å². The first kappa shape index (κ1) is 5.59. The van der Waals surface area contributed by atoms with Crippen LogP contribution in [0.1, 0.15) is 25.7 Å². The predicted octanol–water partition coefficient (Wildman–Crippen LogP) is 1.39. The zero-order chi connectivity index (χ0) is 6.55. The van der Waals surface area contributed by atoms with Crippen LogP contribution in [0.15, 0.2) is 0 Å². The van der Waals surface area contributed by atoms with Crippen LogP contribution in [0.3, 0.4) is 0 Å². The summed E-state index contributed by atoms with van der Waals surface area (Å²) >= 11 is 0. The molecule has 1 aliphatic heterocycles. The van der Waals surface area contributed by atoms with E-state index in [0.717, 1.165) is 23.8 Å². The molecule has 2 aliphatic carbocycles. The Kier molecular flexibility index (Phi) is 0.984. The third-order valence-corrected chi connectivity index (χ3v) is 3.98. The number of hydrogen-bond acceptors (Lipinski definition) is 1. The summed E-state index contributed by atoms with van der Waals surface area (Å²) in [6.07, 6.45) is 6.08. The molecule has 0 aromatic rings. The quantitative estimate of drug-likeness (QED) is 0.532. The number of rotatable bonds is 0. The second-order valence-electron chi connectivity index (χ2n) is 4.25. The van der Waals surface area contributed by atoms with E-state index in [1.165, 1.54) is 19.4 Å². The largest absolute Gasteiger partial charge is 0.314 e. The van der Waals surface area contributed by atoms with Crippen molar-refractivity contribution in [2.75, 3.05) is 6.54 Å². The van der Waals surface area contributed by atoms with Gasteiger partial charge in [-0.05, 0) is 50.0 Å². The van der Waals surface area contributed by atoms with Crippen molar-refractivity contribution in [3.8, 4) is 0 Å². The summed E-state index contributed by atoms with van der Waals surface area (Å²) < 4.78 is 0. The molecular formula is C9H15N. The Morgan fingerprint density at radius 3 is 2.80 bits per heavy atom. The zero-order valence-corrected chi connectivity index (χ0v) is 6.34. The van der Waals surface area contributed by atoms with E-state index in [-0.39, 0.29) is 0 Å². The highest BCUT2D eigenvalue weighted by Gasteiger charge is 2.49. The minimum absolute atomic E-state index is 0.942. The standard InChI is InChI=1S/C9H15N/c1-2-7-6(1)5-9-8(7)3-4-10-9/h6-10H,1-5H2. The molecule has 0 aromatic heterocycles.